The number of carbonyl (C=O) groups excluding carboxylic acids is 1. The van der Waals surface area contributed by atoms with Crippen LogP contribution in [-0.2, 0) is 20.0 Å². The van der Waals surface area contributed by atoms with E-state index in [4.69, 9.17) is 0 Å². The Balaban J connectivity index is 1.58. The molecule has 30 heavy (non-hydrogen) atoms. The highest BCUT2D eigenvalue weighted by molar-refractivity contribution is 5.92. The first kappa shape index (κ1) is 20.3. The molecule has 0 aliphatic carbocycles. The third kappa shape index (κ3) is 4.27. The van der Waals surface area contributed by atoms with Gasteiger partial charge in [0.25, 0.3) is 5.91 Å². The van der Waals surface area contributed by atoms with Crippen molar-refractivity contribution in [2.24, 2.45) is 7.05 Å². The van der Waals surface area contributed by atoms with Gasteiger partial charge >= 0.3 is 0 Å². The van der Waals surface area contributed by atoms with E-state index in [2.05, 4.69) is 19.9 Å². The smallest absolute Gasteiger partial charge is 0.274 e. The van der Waals surface area contributed by atoms with Crippen molar-refractivity contribution < 1.29 is 9.18 Å². The molecule has 0 fully saturated rings. The number of hydrogen-bond acceptors (Lipinski definition) is 4. The van der Waals surface area contributed by atoms with Crippen LogP contribution >= 0.6 is 0 Å². The van der Waals surface area contributed by atoms with Crippen LogP contribution in [0.3, 0.4) is 0 Å². The minimum atomic E-state index is -0.269. The lowest BCUT2D eigenvalue weighted by molar-refractivity contribution is 0.0747. The van der Waals surface area contributed by atoms with Crippen LogP contribution in [0.4, 0.5) is 4.39 Å². The fraction of sp³-hybridized carbons (Fsp3) is 0.455. The summed E-state index contributed by atoms with van der Waals surface area (Å²) >= 11 is 0. The van der Waals surface area contributed by atoms with Gasteiger partial charge in [-0.25, -0.2) is 4.39 Å². The molecule has 0 radical (unpaired) electrons. The molecule has 3 heterocycles. The lowest BCUT2D eigenvalue weighted by Gasteiger charge is -2.21. The highest BCUT2D eigenvalue weighted by atomic mass is 19.1. The number of benzene rings is 1. The highest BCUT2D eigenvalue weighted by Crippen LogP contribution is 2.21. The molecule has 0 unspecified atom stereocenters. The van der Waals surface area contributed by atoms with Crippen LogP contribution in [0.2, 0.25) is 0 Å². The predicted molar refractivity (Wildman–Crippen MR) is 111 cm³/mol. The van der Waals surface area contributed by atoms with Crippen LogP contribution in [0.25, 0.3) is 11.4 Å². The maximum Gasteiger partial charge on any atom is 0.274 e. The van der Waals surface area contributed by atoms with Gasteiger partial charge < -0.3 is 9.47 Å². The molecule has 0 bridgehead atoms. The van der Waals surface area contributed by atoms with Crippen molar-refractivity contribution in [3.05, 3.63) is 53.4 Å². The molecule has 158 valence electrons. The number of hydrogen-bond donors (Lipinski definition) is 0. The van der Waals surface area contributed by atoms with E-state index in [1.54, 1.807) is 16.8 Å². The van der Waals surface area contributed by atoms with Gasteiger partial charge in [0.2, 0.25) is 0 Å². The maximum absolute atomic E-state index is 13.3. The van der Waals surface area contributed by atoms with Crippen LogP contribution in [0.1, 0.15) is 47.7 Å². The van der Waals surface area contributed by atoms with Crippen molar-refractivity contribution in [3.63, 3.8) is 0 Å². The summed E-state index contributed by atoms with van der Waals surface area (Å²) in [5, 5.41) is 13.1. The Labute approximate surface area is 175 Å². The van der Waals surface area contributed by atoms with Crippen molar-refractivity contribution in [1.29, 1.82) is 0 Å². The van der Waals surface area contributed by atoms with Crippen molar-refractivity contribution >= 4 is 5.91 Å². The van der Waals surface area contributed by atoms with E-state index >= 15 is 0 Å². The lowest BCUT2D eigenvalue weighted by Crippen LogP contribution is -2.34. The molecule has 7 nitrogen and oxygen atoms in total. The molecule has 2 aromatic heterocycles. The van der Waals surface area contributed by atoms with E-state index in [-0.39, 0.29) is 11.7 Å². The van der Waals surface area contributed by atoms with Crippen molar-refractivity contribution in [2.45, 2.75) is 45.6 Å². The van der Waals surface area contributed by atoms with E-state index in [0.717, 1.165) is 55.1 Å². The number of aromatic nitrogens is 5. The summed E-state index contributed by atoms with van der Waals surface area (Å²) in [6, 6.07) is 8.19. The van der Waals surface area contributed by atoms with E-state index in [0.29, 0.717) is 25.2 Å². The summed E-state index contributed by atoms with van der Waals surface area (Å²) in [6.45, 7) is 4.04. The monoisotopic (exact) mass is 410 g/mol. The SMILES string of the molecule is Cc1cc(C(=O)N2CCCCCCn3c(nnc3-c3ccc(F)cc3)CC2)nn1C. The third-order valence-corrected chi connectivity index (χ3v) is 5.72. The van der Waals surface area contributed by atoms with E-state index < -0.39 is 0 Å². The van der Waals surface area contributed by atoms with Gasteiger partial charge in [0, 0.05) is 44.4 Å². The number of nitrogens with zero attached hydrogens (tertiary/aromatic N) is 6. The fourth-order valence-corrected chi connectivity index (χ4v) is 3.87. The van der Waals surface area contributed by atoms with E-state index in [9.17, 15) is 9.18 Å². The zero-order valence-corrected chi connectivity index (χ0v) is 17.5. The van der Waals surface area contributed by atoms with Crippen LogP contribution in [-0.4, -0.2) is 48.4 Å². The Morgan fingerprint density at radius 1 is 1.00 bits per heavy atom. The summed E-state index contributed by atoms with van der Waals surface area (Å²) < 4.78 is 17.2. The van der Waals surface area contributed by atoms with Crippen LogP contribution in [0, 0.1) is 12.7 Å². The molecule has 0 spiro atoms. The Morgan fingerprint density at radius 2 is 1.73 bits per heavy atom. The number of rotatable bonds is 2. The molecule has 1 aliphatic rings. The minimum absolute atomic E-state index is 0.0391. The standard InChI is InChI=1S/C22H27FN6O/c1-16-15-19(26-27(16)2)22(30)28-12-5-3-4-6-13-29-20(11-14-28)24-25-21(29)17-7-9-18(23)10-8-17/h7-10,15H,3-6,11-14H2,1-2H3. The number of amides is 1. The summed E-state index contributed by atoms with van der Waals surface area (Å²) in [4.78, 5) is 14.9. The molecule has 0 saturated carbocycles. The molecule has 1 amide bonds. The van der Waals surface area contributed by atoms with Gasteiger partial charge in [-0.1, -0.05) is 12.8 Å². The molecule has 4 rings (SSSR count). The van der Waals surface area contributed by atoms with Crippen LogP contribution in [0.15, 0.2) is 30.3 Å². The molecule has 1 aromatic carbocycles. The Morgan fingerprint density at radius 3 is 2.43 bits per heavy atom. The lowest BCUT2D eigenvalue weighted by atomic mass is 10.1. The predicted octanol–water partition coefficient (Wildman–Crippen LogP) is 3.39. The van der Waals surface area contributed by atoms with Gasteiger partial charge in [-0.3, -0.25) is 9.48 Å². The molecule has 0 saturated heterocycles. The second-order valence-corrected chi connectivity index (χ2v) is 7.85. The molecular weight excluding hydrogens is 383 g/mol. The van der Waals surface area contributed by atoms with Crippen molar-refractivity contribution in [1.82, 2.24) is 29.4 Å². The number of fused-ring (bicyclic) bond motifs is 1. The van der Waals surface area contributed by atoms with E-state index in [1.807, 2.05) is 24.9 Å². The quantitative estimate of drug-likeness (QED) is 0.649. The molecular formula is C22H27FN6O. The molecule has 0 atom stereocenters. The van der Waals surface area contributed by atoms with Gasteiger partial charge in [-0.2, -0.15) is 5.10 Å². The summed E-state index contributed by atoms with van der Waals surface area (Å²) in [7, 11) is 1.85. The Bertz CT molecular complexity index is 1000. The highest BCUT2D eigenvalue weighted by Gasteiger charge is 2.21. The van der Waals surface area contributed by atoms with Crippen LogP contribution < -0.4 is 0 Å². The summed E-state index contributed by atoms with van der Waals surface area (Å²) in [5.41, 5.74) is 2.29. The molecule has 1 aliphatic heterocycles. The fourth-order valence-electron chi connectivity index (χ4n) is 3.87. The van der Waals surface area contributed by atoms with Crippen molar-refractivity contribution in [3.8, 4) is 11.4 Å². The third-order valence-electron chi connectivity index (χ3n) is 5.72. The summed E-state index contributed by atoms with van der Waals surface area (Å²) in [6.07, 6.45) is 4.75. The number of carbonyl (C=O) groups is 1. The minimum Gasteiger partial charge on any atom is -0.337 e. The molecule has 8 heteroatoms. The zero-order valence-electron chi connectivity index (χ0n) is 17.5. The Kier molecular flexibility index (Phi) is 5.92. The van der Waals surface area contributed by atoms with Gasteiger partial charge in [0.1, 0.15) is 11.6 Å². The van der Waals surface area contributed by atoms with Crippen molar-refractivity contribution in [2.75, 3.05) is 13.1 Å². The average molecular weight is 410 g/mol. The normalized spacial score (nSPS) is 15.5. The second kappa shape index (κ2) is 8.77. The van der Waals surface area contributed by atoms with Crippen LogP contribution in [0.5, 0.6) is 0 Å². The van der Waals surface area contributed by atoms with Gasteiger partial charge in [-0.05, 0) is 50.1 Å². The topological polar surface area (TPSA) is 68.8 Å². The second-order valence-electron chi connectivity index (χ2n) is 7.85. The number of halogens is 1. The first-order valence-electron chi connectivity index (χ1n) is 10.5. The first-order chi connectivity index (χ1) is 14.5. The molecule has 0 N–H and O–H groups in total. The van der Waals surface area contributed by atoms with Gasteiger partial charge in [0.15, 0.2) is 11.5 Å². The number of aryl methyl sites for hydroxylation is 2. The average Bonchev–Trinajstić information content (AvgIpc) is 3.28. The summed E-state index contributed by atoms with van der Waals surface area (Å²) in [5.74, 6) is 1.30. The maximum atomic E-state index is 13.3. The Hall–Kier alpha value is -3.03. The molecule has 3 aromatic rings. The van der Waals surface area contributed by atoms with Gasteiger partial charge in [-0.15, -0.1) is 10.2 Å². The first-order valence-corrected chi connectivity index (χ1v) is 10.5. The largest absolute Gasteiger partial charge is 0.337 e. The van der Waals surface area contributed by atoms with E-state index in [1.165, 1.54) is 12.1 Å². The zero-order chi connectivity index (χ0) is 21.1. The van der Waals surface area contributed by atoms with Gasteiger partial charge in [0.05, 0.1) is 0 Å².